The monoisotopic (exact) mass is 257 g/mol. The maximum absolute atomic E-state index is 5.88. The van der Waals surface area contributed by atoms with Crippen LogP contribution in [-0.2, 0) is 12.8 Å². The Bertz CT molecular complexity index is 541. The van der Waals surface area contributed by atoms with Crippen molar-refractivity contribution < 1.29 is 0 Å². The SMILES string of the molecule is CCc1cnccc1C(Cc1cccnc1N)NN. The van der Waals surface area contributed by atoms with Gasteiger partial charge in [-0.05, 0) is 41.7 Å². The van der Waals surface area contributed by atoms with E-state index in [1.807, 2.05) is 24.4 Å². The Hall–Kier alpha value is -1.98. The molecule has 1 atom stereocenters. The van der Waals surface area contributed by atoms with Crippen molar-refractivity contribution in [3.63, 3.8) is 0 Å². The third-order valence-corrected chi connectivity index (χ3v) is 3.25. The Balaban J connectivity index is 2.28. The first kappa shape index (κ1) is 13.5. The van der Waals surface area contributed by atoms with Crippen molar-refractivity contribution in [1.29, 1.82) is 0 Å². The summed E-state index contributed by atoms with van der Waals surface area (Å²) in [6.07, 6.45) is 6.97. The van der Waals surface area contributed by atoms with Gasteiger partial charge in [0.25, 0.3) is 0 Å². The van der Waals surface area contributed by atoms with Crippen LogP contribution in [0.25, 0.3) is 0 Å². The van der Waals surface area contributed by atoms with Gasteiger partial charge in [0.05, 0.1) is 6.04 Å². The van der Waals surface area contributed by atoms with Crippen LogP contribution in [0, 0.1) is 0 Å². The summed E-state index contributed by atoms with van der Waals surface area (Å²) in [6, 6.07) is 5.85. The molecule has 2 heterocycles. The highest BCUT2D eigenvalue weighted by atomic mass is 15.2. The fourth-order valence-corrected chi connectivity index (χ4v) is 2.18. The lowest BCUT2D eigenvalue weighted by atomic mass is 9.96. The van der Waals surface area contributed by atoms with Crippen molar-refractivity contribution in [2.75, 3.05) is 5.73 Å². The van der Waals surface area contributed by atoms with Crippen molar-refractivity contribution in [2.24, 2.45) is 5.84 Å². The van der Waals surface area contributed by atoms with Crippen LogP contribution < -0.4 is 17.0 Å². The van der Waals surface area contributed by atoms with Gasteiger partial charge in [0, 0.05) is 18.6 Å². The fraction of sp³-hybridized carbons (Fsp3) is 0.286. The van der Waals surface area contributed by atoms with Gasteiger partial charge in [-0.25, -0.2) is 4.98 Å². The lowest BCUT2D eigenvalue weighted by Gasteiger charge is -2.19. The normalized spacial score (nSPS) is 12.3. The second kappa shape index (κ2) is 6.26. The maximum Gasteiger partial charge on any atom is 0.126 e. The van der Waals surface area contributed by atoms with E-state index in [2.05, 4.69) is 22.3 Å². The van der Waals surface area contributed by atoms with Crippen LogP contribution in [0.15, 0.2) is 36.8 Å². The Morgan fingerprint density at radius 1 is 1.26 bits per heavy atom. The smallest absolute Gasteiger partial charge is 0.126 e. The second-order valence-corrected chi connectivity index (χ2v) is 4.40. The molecule has 0 aliphatic carbocycles. The molecule has 0 fully saturated rings. The zero-order valence-corrected chi connectivity index (χ0v) is 11.0. The number of hydrogen-bond donors (Lipinski definition) is 3. The van der Waals surface area contributed by atoms with Crippen molar-refractivity contribution >= 4 is 5.82 Å². The van der Waals surface area contributed by atoms with Gasteiger partial charge in [-0.15, -0.1) is 0 Å². The van der Waals surface area contributed by atoms with Crippen molar-refractivity contribution in [1.82, 2.24) is 15.4 Å². The van der Waals surface area contributed by atoms with Gasteiger partial charge in [-0.2, -0.15) is 0 Å². The van der Waals surface area contributed by atoms with Gasteiger partial charge < -0.3 is 5.73 Å². The quantitative estimate of drug-likeness (QED) is 0.556. The van der Waals surface area contributed by atoms with E-state index in [0.29, 0.717) is 12.2 Å². The summed E-state index contributed by atoms with van der Waals surface area (Å²) in [5, 5.41) is 0. The molecule has 5 heteroatoms. The minimum Gasteiger partial charge on any atom is -0.383 e. The predicted molar refractivity (Wildman–Crippen MR) is 76.0 cm³/mol. The summed E-state index contributed by atoms with van der Waals surface area (Å²) >= 11 is 0. The van der Waals surface area contributed by atoms with Crippen LogP contribution in [0.4, 0.5) is 5.82 Å². The Morgan fingerprint density at radius 3 is 2.79 bits per heavy atom. The first-order valence-electron chi connectivity index (χ1n) is 6.34. The molecule has 5 nitrogen and oxygen atoms in total. The Labute approximate surface area is 113 Å². The summed E-state index contributed by atoms with van der Waals surface area (Å²) in [6.45, 7) is 2.10. The van der Waals surface area contributed by atoms with Gasteiger partial charge >= 0.3 is 0 Å². The van der Waals surface area contributed by atoms with E-state index >= 15 is 0 Å². The average Bonchev–Trinajstić information content (AvgIpc) is 2.46. The van der Waals surface area contributed by atoms with E-state index in [0.717, 1.165) is 17.5 Å². The second-order valence-electron chi connectivity index (χ2n) is 4.40. The topological polar surface area (TPSA) is 89.8 Å². The lowest BCUT2D eigenvalue weighted by Crippen LogP contribution is -2.30. The molecule has 2 aromatic heterocycles. The molecule has 19 heavy (non-hydrogen) atoms. The molecule has 0 amide bonds. The molecule has 2 rings (SSSR count). The Kier molecular flexibility index (Phi) is 4.43. The van der Waals surface area contributed by atoms with Crippen molar-refractivity contribution in [2.45, 2.75) is 25.8 Å². The molecule has 0 aromatic carbocycles. The fourth-order valence-electron chi connectivity index (χ4n) is 2.18. The molecule has 0 bridgehead atoms. The summed E-state index contributed by atoms with van der Waals surface area (Å²) in [5.41, 5.74) is 12.1. The number of nitrogen functional groups attached to an aromatic ring is 1. The molecule has 0 radical (unpaired) electrons. The molecular weight excluding hydrogens is 238 g/mol. The average molecular weight is 257 g/mol. The summed E-state index contributed by atoms with van der Waals surface area (Å²) in [5.74, 6) is 6.25. The molecule has 5 N–H and O–H groups in total. The zero-order chi connectivity index (χ0) is 13.7. The van der Waals surface area contributed by atoms with Crippen LogP contribution in [0.1, 0.15) is 29.7 Å². The molecule has 0 aliphatic rings. The number of nitrogens with zero attached hydrogens (tertiary/aromatic N) is 2. The van der Waals surface area contributed by atoms with Crippen LogP contribution in [0.2, 0.25) is 0 Å². The number of hydrazine groups is 1. The molecule has 0 spiro atoms. The van der Waals surface area contributed by atoms with E-state index in [1.54, 1.807) is 12.4 Å². The van der Waals surface area contributed by atoms with E-state index in [9.17, 15) is 0 Å². The maximum atomic E-state index is 5.88. The lowest BCUT2D eigenvalue weighted by molar-refractivity contribution is 0.547. The van der Waals surface area contributed by atoms with Crippen LogP contribution in [0.3, 0.4) is 0 Å². The van der Waals surface area contributed by atoms with Gasteiger partial charge in [0.1, 0.15) is 5.82 Å². The van der Waals surface area contributed by atoms with Crippen LogP contribution >= 0.6 is 0 Å². The zero-order valence-electron chi connectivity index (χ0n) is 11.0. The van der Waals surface area contributed by atoms with E-state index in [1.165, 1.54) is 5.56 Å². The third kappa shape index (κ3) is 3.07. The van der Waals surface area contributed by atoms with E-state index in [-0.39, 0.29) is 6.04 Å². The minimum atomic E-state index is 0.00412. The number of hydrogen-bond acceptors (Lipinski definition) is 5. The number of nitrogens with one attached hydrogen (secondary N) is 1. The summed E-state index contributed by atoms with van der Waals surface area (Å²) in [7, 11) is 0. The summed E-state index contributed by atoms with van der Waals surface area (Å²) < 4.78 is 0. The van der Waals surface area contributed by atoms with Crippen LogP contribution in [0.5, 0.6) is 0 Å². The van der Waals surface area contributed by atoms with Gasteiger partial charge in [-0.3, -0.25) is 16.3 Å². The summed E-state index contributed by atoms with van der Waals surface area (Å²) in [4.78, 5) is 8.25. The first-order valence-corrected chi connectivity index (χ1v) is 6.34. The highest BCUT2D eigenvalue weighted by Gasteiger charge is 2.15. The molecule has 0 saturated carbocycles. The molecule has 0 saturated heterocycles. The Morgan fingerprint density at radius 2 is 2.11 bits per heavy atom. The highest BCUT2D eigenvalue weighted by Crippen LogP contribution is 2.22. The highest BCUT2D eigenvalue weighted by molar-refractivity contribution is 5.40. The molecular formula is C14H19N5. The number of nitrogens with two attached hydrogens (primary N) is 2. The third-order valence-electron chi connectivity index (χ3n) is 3.25. The number of pyridine rings is 2. The molecule has 2 aromatic rings. The van der Waals surface area contributed by atoms with Gasteiger partial charge in [0.15, 0.2) is 0 Å². The largest absolute Gasteiger partial charge is 0.383 e. The predicted octanol–water partition coefficient (Wildman–Crippen LogP) is 1.37. The van der Waals surface area contributed by atoms with Crippen LogP contribution in [-0.4, -0.2) is 9.97 Å². The van der Waals surface area contributed by atoms with E-state index < -0.39 is 0 Å². The molecule has 100 valence electrons. The van der Waals surface area contributed by atoms with Crippen molar-refractivity contribution in [3.05, 3.63) is 53.5 Å². The van der Waals surface area contributed by atoms with Crippen molar-refractivity contribution in [3.8, 4) is 0 Å². The van der Waals surface area contributed by atoms with E-state index in [4.69, 9.17) is 11.6 Å². The number of aromatic nitrogens is 2. The number of anilines is 1. The standard InChI is InChI=1S/C14H19N5/c1-2-10-9-17-7-5-12(10)13(19-16)8-11-4-3-6-18-14(11)15/h3-7,9,13,19H,2,8,16H2,1H3,(H2,15,18). The molecule has 1 unspecified atom stereocenters. The minimum absolute atomic E-state index is 0.00412. The number of rotatable bonds is 5. The van der Waals surface area contributed by atoms with Gasteiger partial charge in [0.2, 0.25) is 0 Å². The number of aryl methyl sites for hydroxylation is 1. The van der Waals surface area contributed by atoms with Gasteiger partial charge in [-0.1, -0.05) is 13.0 Å². The molecule has 0 aliphatic heterocycles. The first-order chi connectivity index (χ1) is 9.26.